The zero-order valence-corrected chi connectivity index (χ0v) is 6.84. The third-order valence-electron chi connectivity index (χ3n) is 1.61. The Morgan fingerprint density at radius 2 is 2.00 bits per heavy atom. The predicted molar refractivity (Wildman–Crippen MR) is 49.7 cm³/mol. The molecule has 0 bridgehead atoms. The van der Waals surface area contributed by atoms with Crippen LogP contribution in [0.2, 0.25) is 0 Å². The lowest BCUT2D eigenvalue weighted by molar-refractivity contribution is 1.13. The molecule has 11 heavy (non-hydrogen) atoms. The van der Waals surface area contributed by atoms with Gasteiger partial charge in [0.15, 0.2) is 0 Å². The summed E-state index contributed by atoms with van der Waals surface area (Å²) in [6.45, 7) is 0. The van der Waals surface area contributed by atoms with Crippen LogP contribution in [-0.2, 0) is 0 Å². The minimum Gasteiger partial charge on any atom is -0.271 e. The molecule has 0 aliphatic carbocycles. The maximum absolute atomic E-state index is 4.26. The topological polar surface area (TPSA) is 12.4 Å². The first-order valence-corrected chi connectivity index (χ1v) is 4.57. The summed E-state index contributed by atoms with van der Waals surface area (Å²) in [5.74, 6) is 1.02. The first-order valence-electron chi connectivity index (χ1n) is 3.52. The van der Waals surface area contributed by atoms with Crippen molar-refractivity contribution in [2.45, 2.75) is 0 Å². The van der Waals surface area contributed by atoms with E-state index in [1.54, 1.807) is 11.8 Å². The Morgan fingerprint density at radius 3 is 2.64 bits per heavy atom. The minimum atomic E-state index is 1.02. The van der Waals surface area contributed by atoms with Crippen LogP contribution in [0.5, 0.6) is 0 Å². The van der Waals surface area contributed by atoms with E-state index in [0.717, 1.165) is 5.75 Å². The van der Waals surface area contributed by atoms with Gasteiger partial charge in [0.2, 0.25) is 0 Å². The van der Waals surface area contributed by atoms with Crippen LogP contribution in [0, 0.1) is 6.04 Å². The van der Waals surface area contributed by atoms with Crippen molar-refractivity contribution in [3.8, 4) is 0 Å². The van der Waals surface area contributed by atoms with Gasteiger partial charge in [-0.25, -0.2) is 0 Å². The molecule has 1 heterocycles. The highest BCUT2D eigenvalue weighted by Gasteiger charge is 2.13. The van der Waals surface area contributed by atoms with Crippen LogP contribution in [0.1, 0.15) is 5.56 Å². The normalized spacial score (nSPS) is 17.5. The van der Waals surface area contributed by atoms with Crippen molar-refractivity contribution in [1.82, 2.24) is 0 Å². The Kier molecular flexibility index (Phi) is 1.95. The third-order valence-corrected chi connectivity index (χ3v) is 2.30. The summed E-state index contributed by atoms with van der Waals surface area (Å²) >= 11 is 1.75. The average molecular weight is 162 g/mol. The molecule has 0 saturated carbocycles. The Labute approximate surface area is 70.5 Å². The second-order valence-electron chi connectivity index (χ2n) is 2.36. The highest BCUT2D eigenvalue weighted by molar-refractivity contribution is 8.12. The van der Waals surface area contributed by atoms with Gasteiger partial charge in [-0.1, -0.05) is 30.3 Å². The summed E-state index contributed by atoms with van der Waals surface area (Å²) in [4.78, 5) is 4.26. The van der Waals surface area contributed by atoms with E-state index in [4.69, 9.17) is 0 Å². The molecular formula is C9H8NS. The number of hydrogen-bond donors (Lipinski definition) is 0. The zero-order valence-electron chi connectivity index (χ0n) is 6.03. The number of hydrogen-bond acceptors (Lipinski definition) is 2. The SMILES string of the molecule is C1=N[C](c2ccccc2)CS1. The molecule has 0 spiro atoms. The fourth-order valence-electron chi connectivity index (χ4n) is 1.04. The molecule has 2 rings (SSSR count). The lowest BCUT2D eigenvalue weighted by Crippen LogP contribution is -1.93. The summed E-state index contributed by atoms with van der Waals surface area (Å²) in [6, 6.07) is 11.5. The molecule has 1 nitrogen and oxygen atoms in total. The van der Waals surface area contributed by atoms with Gasteiger partial charge in [-0.05, 0) is 5.56 Å². The van der Waals surface area contributed by atoms with Crippen LogP contribution >= 0.6 is 11.8 Å². The van der Waals surface area contributed by atoms with Crippen LogP contribution in [0.4, 0.5) is 0 Å². The van der Waals surface area contributed by atoms with Crippen LogP contribution in [0.15, 0.2) is 35.3 Å². The first-order chi connectivity index (χ1) is 5.47. The number of rotatable bonds is 1. The fraction of sp³-hybridized carbons (Fsp3) is 0.111. The summed E-state index contributed by atoms with van der Waals surface area (Å²) in [7, 11) is 0. The molecule has 0 saturated heterocycles. The molecule has 0 aromatic heterocycles. The number of thioether (sulfide) groups is 1. The van der Waals surface area contributed by atoms with E-state index >= 15 is 0 Å². The van der Waals surface area contributed by atoms with Crippen molar-refractivity contribution in [3.63, 3.8) is 0 Å². The van der Waals surface area contributed by atoms with Gasteiger partial charge >= 0.3 is 0 Å². The lowest BCUT2D eigenvalue weighted by Gasteiger charge is -2.02. The molecule has 0 unspecified atom stereocenters. The first kappa shape index (κ1) is 6.92. The maximum atomic E-state index is 4.26. The van der Waals surface area contributed by atoms with Crippen molar-refractivity contribution in [2.75, 3.05) is 5.75 Å². The molecule has 1 aromatic rings. The molecule has 2 heteroatoms. The van der Waals surface area contributed by atoms with E-state index in [9.17, 15) is 0 Å². The van der Waals surface area contributed by atoms with Gasteiger partial charge in [0.25, 0.3) is 0 Å². The Hall–Kier alpha value is -0.760. The van der Waals surface area contributed by atoms with Gasteiger partial charge in [0.1, 0.15) is 6.04 Å². The van der Waals surface area contributed by atoms with Gasteiger partial charge in [0, 0.05) is 5.75 Å². The van der Waals surface area contributed by atoms with Crippen LogP contribution < -0.4 is 0 Å². The zero-order chi connectivity index (χ0) is 7.52. The van der Waals surface area contributed by atoms with Crippen molar-refractivity contribution in [1.29, 1.82) is 0 Å². The van der Waals surface area contributed by atoms with Crippen molar-refractivity contribution < 1.29 is 0 Å². The summed E-state index contributed by atoms with van der Waals surface area (Å²) in [6.07, 6.45) is 0. The Bertz CT molecular complexity index is 256. The smallest absolute Gasteiger partial charge is 0.126 e. The second-order valence-corrected chi connectivity index (χ2v) is 3.19. The average Bonchev–Trinajstić information content (AvgIpc) is 2.58. The Balaban J connectivity index is 2.23. The highest BCUT2D eigenvalue weighted by atomic mass is 32.2. The minimum absolute atomic E-state index is 1.02. The number of benzene rings is 1. The maximum Gasteiger partial charge on any atom is 0.126 e. The van der Waals surface area contributed by atoms with E-state index in [1.165, 1.54) is 11.6 Å². The second kappa shape index (κ2) is 3.09. The van der Waals surface area contributed by atoms with Gasteiger partial charge < -0.3 is 0 Å². The highest BCUT2D eigenvalue weighted by Crippen LogP contribution is 2.24. The molecular weight excluding hydrogens is 154 g/mol. The van der Waals surface area contributed by atoms with E-state index in [2.05, 4.69) is 17.1 Å². The van der Waals surface area contributed by atoms with Crippen LogP contribution in [0.25, 0.3) is 0 Å². The van der Waals surface area contributed by atoms with Crippen LogP contribution in [-0.4, -0.2) is 11.3 Å². The van der Waals surface area contributed by atoms with E-state index < -0.39 is 0 Å². The molecule has 1 aliphatic rings. The largest absolute Gasteiger partial charge is 0.271 e. The fourth-order valence-corrected chi connectivity index (χ4v) is 1.72. The predicted octanol–water partition coefficient (Wildman–Crippen LogP) is 2.34. The van der Waals surface area contributed by atoms with Crippen molar-refractivity contribution >= 4 is 17.3 Å². The lowest BCUT2D eigenvalue weighted by atomic mass is 10.1. The molecule has 1 radical (unpaired) electrons. The van der Waals surface area contributed by atoms with Crippen molar-refractivity contribution in [3.05, 3.63) is 41.9 Å². The van der Waals surface area contributed by atoms with Gasteiger partial charge in [-0.15, -0.1) is 11.8 Å². The Morgan fingerprint density at radius 1 is 1.18 bits per heavy atom. The quantitative estimate of drug-likeness (QED) is 0.617. The van der Waals surface area contributed by atoms with Gasteiger partial charge in [-0.2, -0.15) is 0 Å². The van der Waals surface area contributed by atoms with Crippen molar-refractivity contribution in [2.24, 2.45) is 4.99 Å². The number of nitrogens with zero attached hydrogens (tertiary/aromatic N) is 1. The monoisotopic (exact) mass is 162 g/mol. The molecule has 0 N–H and O–H groups in total. The molecule has 1 aliphatic heterocycles. The van der Waals surface area contributed by atoms with Crippen LogP contribution in [0.3, 0.4) is 0 Å². The molecule has 55 valence electrons. The van der Waals surface area contributed by atoms with E-state index in [0.29, 0.717) is 0 Å². The van der Waals surface area contributed by atoms with E-state index in [1.807, 2.05) is 23.7 Å². The summed E-state index contributed by atoms with van der Waals surface area (Å²) in [5, 5.41) is 0. The van der Waals surface area contributed by atoms with E-state index in [-0.39, 0.29) is 0 Å². The number of aliphatic imine (C=N–C) groups is 1. The molecule has 0 fully saturated rings. The van der Waals surface area contributed by atoms with Gasteiger partial charge in [-0.3, -0.25) is 4.99 Å². The molecule has 0 atom stereocenters. The summed E-state index contributed by atoms with van der Waals surface area (Å²) < 4.78 is 0. The molecule has 0 amide bonds. The standard InChI is InChI=1S/C9H8NS/c1-2-4-8(5-3-1)9-6-11-7-10-9/h1-5,7H,6H2. The summed E-state index contributed by atoms with van der Waals surface area (Å²) in [5.41, 5.74) is 3.15. The van der Waals surface area contributed by atoms with Gasteiger partial charge in [0.05, 0.1) is 5.55 Å². The molecule has 1 aromatic carbocycles. The third kappa shape index (κ3) is 1.46.